The minimum atomic E-state index is 0.204. The zero-order valence-corrected chi connectivity index (χ0v) is 12.2. The molecule has 1 saturated carbocycles. The van der Waals surface area contributed by atoms with Crippen LogP contribution in [-0.2, 0) is 0 Å². The summed E-state index contributed by atoms with van der Waals surface area (Å²) in [6, 6.07) is 15.6. The fraction of sp³-hybridized carbons (Fsp3) is 0.167. The third-order valence-electron chi connectivity index (χ3n) is 4.03. The summed E-state index contributed by atoms with van der Waals surface area (Å²) in [5.74, 6) is 0.465. The van der Waals surface area contributed by atoms with Crippen LogP contribution in [0.2, 0.25) is 5.02 Å². The van der Waals surface area contributed by atoms with Gasteiger partial charge in [0, 0.05) is 21.8 Å². The van der Waals surface area contributed by atoms with Gasteiger partial charge in [-0.1, -0.05) is 41.9 Å². The summed E-state index contributed by atoms with van der Waals surface area (Å²) in [5.41, 5.74) is 3.74. The molecule has 0 radical (unpaired) electrons. The Labute approximate surface area is 127 Å². The SMILES string of the molecule is O=C(c1c(-c2ccc(Cl)cc2)[nH]c2ccccc12)C1CC1. The summed E-state index contributed by atoms with van der Waals surface area (Å²) in [4.78, 5) is 16.1. The van der Waals surface area contributed by atoms with Gasteiger partial charge in [-0.15, -0.1) is 0 Å². The molecule has 1 aromatic heterocycles. The maximum atomic E-state index is 12.7. The van der Waals surface area contributed by atoms with E-state index in [1.165, 1.54) is 0 Å². The van der Waals surface area contributed by atoms with Crippen LogP contribution in [0.5, 0.6) is 0 Å². The van der Waals surface area contributed by atoms with E-state index in [2.05, 4.69) is 4.98 Å². The van der Waals surface area contributed by atoms with E-state index < -0.39 is 0 Å². The van der Waals surface area contributed by atoms with Crippen molar-refractivity contribution in [1.82, 2.24) is 4.98 Å². The zero-order chi connectivity index (χ0) is 14.4. The van der Waals surface area contributed by atoms with Crippen LogP contribution < -0.4 is 0 Å². The van der Waals surface area contributed by atoms with E-state index in [0.717, 1.165) is 40.6 Å². The van der Waals surface area contributed by atoms with E-state index in [4.69, 9.17) is 11.6 Å². The average molecular weight is 296 g/mol. The van der Waals surface area contributed by atoms with Crippen molar-refractivity contribution in [2.45, 2.75) is 12.8 Å². The van der Waals surface area contributed by atoms with Gasteiger partial charge in [0.2, 0.25) is 0 Å². The standard InChI is InChI=1S/C18H14ClNO/c19-13-9-7-11(8-10-13)17-16(18(21)12-5-6-12)14-3-1-2-4-15(14)20-17/h1-4,7-10,12,20H,5-6H2. The summed E-state index contributed by atoms with van der Waals surface area (Å²) in [7, 11) is 0. The maximum Gasteiger partial charge on any atom is 0.168 e. The Kier molecular flexibility index (Phi) is 2.86. The van der Waals surface area contributed by atoms with E-state index in [-0.39, 0.29) is 11.7 Å². The first kappa shape index (κ1) is 12.7. The summed E-state index contributed by atoms with van der Waals surface area (Å²) in [5, 5.41) is 1.71. The Morgan fingerprint density at radius 3 is 2.48 bits per heavy atom. The Bertz CT molecular complexity index is 828. The van der Waals surface area contributed by atoms with E-state index in [1.54, 1.807) is 0 Å². The number of carbonyl (C=O) groups is 1. The summed E-state index contributed by atoms with van der Waals surface area (Å²) in [6.45, 7) is 0. The number of para-hydroxylation sites is 1. The van der Waals surface area contributed by atoms with Crippen molar-refractivity contribution in [2.24, 2.45) is 5.92 Å². The molecule has 104 valence electrons. The Morgan fingerprint density at radius 2 is 1.76 bits per heavy atom. The fourth-order valence-electron chi connectivity index (χ4n) is 2.78. The maximum absolute atomic E-state index is 12.7. The fourth-order valence-corrected chi connectivity index (χ4v) is 2.91. The van der Waals surface area contributed by atoms with Crippen molar-refractivity contribution in [3.63, 3.8) is 0 Å². The molecule has 3 heteroatoms. The molecular weight excluding hydrogens is 282 g/mol. The van der Waals surface area contributed by atoms with Gasteiger partial charge in [-0.25, -0.2) is 0 Å². The number of hydrogen-bond donors (Lipinski definition) is 1. The molecule has 3 aromatic rings. The molecule has 0 amide bonds. The number of hydrogen-bond acceptors (Lipinski definition) is 1. The lowest BCUT2D eigenvalue weighted by Crippen LogP contribution is -2.02. The number of H-pyrrole nitrogens is 1. The molecule has 1 heterocycles. The molecule has 0 atom stereocenters. The lowest BCUT2D eigenvalue weighted by atomic mass is 9.99. The highest BCUT2D eigenvalue weighted by Crippen LogP contribution is 2.39. The van der Waals surface area contributed by atoms with Crippen molar-refractivity contribution in [3.05, 3.63) is 59.1 Å². The van der Waals surface area contributed by atoms with Gasteiger partial charge in [0.15, 0.2) is 5.78 Å². The second-order valence-electron chi connectivity index (χ2n) is 5.57. The van der Waals surface area contributed by atoms with Crippen LogP contribution in [0.1, 0.15) is 23.2 Å². The molecule has 4 rings (SSSR count). The van der Waals surface area contributed by atoms with Gasteiger partial charge in [-0.05, 0) is 36.6 Å². The normalized spacial score (nSPS) is 14.5. The zero-order valence-electron chi connectivity index (χ0n) is 11.4. The first-order chi connectivity index (χ1) is 10.2. The topological polar surface area (TPSA) is 32.9 Å². The van der Waals surface area contributed by atoms with Gasteiger partial charge in [-0.2, -0.15) is 0 Å². The third kappa shape index (κ3) is 2.16. The summed E-state index contributed by atoms with van der Waals surface area (Å²) in [6.07, 6.45) is 2.02. The van der Waals surface area contributed by atoms with E-state index in [9.17, 15) is 4.79 Å². The smallest absolute Gasteiger partial charge is 0.168 e. The summed E-state index contributed by atoms with van der Waals surface area (Å²) < 4.78 is 0. The van der Waals surface area contributed by atoms with E-state index in [1.807, 2.05) is 48.5 Å². The molecule has 0 saturated heterocycles. The highest BCUT2D eigenvalue weighted by molar-refractivity contribution is 6.30. The van der Waals surface area contributed by atoms with Crippen LogP contribution in [0, 0.1) is 5.92 Å². The van der Waals surface area contributed by atoms with Crippen molar-refractivity contribution < 1.29 is 4.79 Å². The van der Waals surface area contributed by atoms with E-state index >= 15 is 0 Å². The molecular formula is C18H14ClNO. The van der Waals surface area contributed by atoms with E-state index in [0.29, 0.717) is 5.02 Å². The van der Waals surface area contributed by atoms with Gasteiger partial charge < -0.3 is 4.98 Å². The van der Waals surface area contributed by atoms with Crippen molar-refractivity contribution in [2.75, 3.05) is 0 Å². The number of benzene rings is 2. The van der Waals surface area contributed by atoms with Crippen LogP contribution in [0.4, 0.5) is 0 Å². The number of halogens is 1. The van der Waals surface area contributed by atoms with Crippen LogP contribution in [-0.4, -0.2) is 10.8 Å². The summed E-state index contributed by atoms with van der Waals surface area (Å²) >= 11 is 5.96. The van der Waals surface area contributed by atoms with Gasteiger partial charge in [0.05, 0.1) is 11.3 Å². The molecule has 2 nitrogen and oxygen atoms in total. The Morgan fingerprint density at radius 1 is 1.05 bits per heavy atom. The molecule has 2 aromatic carbocycles. The first-order valence-corrected chi connectivity index (χ1v) is 7.52. The second kappa shape index (κ2) is 4.74. The lowest BCUT2D eigenvalue weighted by molar-refractivity contribution is 0.0970. The highest BCUT2D eigenvalue weighted by Gasteiger charge is 2.33. The van der Waals surface area contributed by atoms with Crippen molar-refractivity contribution >= 4 is 28.3 Å². The predicted molar refractivity (Wildman–Crippen MR) is 85.8 cm³/mol. The monoisotopic (exact) mass is 295 g/mol. The van der Waals surface area contributed by atoms with Gasteiger partial charge >= 0.3 is 0 Å². The molecule has 21 heavy (non-hydrogen) atoms. The number of carbonyl (C=O) groups excluding carboxylic acids is 1. The number of aromatic nitrogens is 1. The third-order valence-corrected chi connectivity index (χ3v) is 4.29. The minimum Gasteiger partial charge on any atom is -0.354 e. The quantitative estimate of drug-likeness (QED) is 0.671. The van der Waals surface area contributed by atoms with Crippen LogP contribution in [0.25, 0.3) is 22.2 Å². The first-order valence-electron chi connectivity index (χ1n) is 7.15. The largest absolute Gasteiger partial charge is 0.354 e. The van der Waals surface area contributed by atoms with Gasteiger partial charge in [0.1, 0.15) is 0 Å². The lowest BCUT2D eigenvalue weighted by Gasteiger charge is -2.04. The molecule has 1 aliphatic rings. The number of ketones is 1. The Hall–Kier alpha value is -2.06. The molecule has 0 spiro atoms. The molecule has 0 bridgehead atoms. The van der Waals surface area contributed by atoms with Gasteiger partial charge in [0.25, 0.3) is 0 Å². The number of nitrogens with one attached hydrogen (secondary N) is 1. The van der Waals surface area contributed by atoms with Crippen LogP contribution in [0.15, 0.2) is 48.5 Å². The molecule has 0 unspecified atom stereocenters. The number of fused-ring (bicyclic) bond motifs is 1. The highest BCUT2D eigenvalue weighted by atomic mass is 35.5. The second-order valence-corrected chi connectivity index (χ2v) is 6.00. The Balaban J connectivity index is 1.96. The molecule has 1 N–H and O–H groups in total. The number of rotatable bonds is 3. The van der Waals surface area contributed by atoms with Gasteiger partial charge in [-0.3, -0.25) is 4.79 Å². The van der Waals surface area contributed by atoms with Crippen molar-refractivity contribution in [3.8, 4) is 11.3 Å². The van der Waals surface area contributed by atoms with Crippen LogP contribution >= 0.6 is 11.6 Å². The number of Topliss-reactive ketones (excluding diaryl/α,β-unsaturated/α-hetero) is 1. The molecule has 0 aliphatic heterocycles. The van der Waals surface area contributed by atoms with Crippen molar-refractivity contribution in [1.29, 1.82) is 0 Å². The minimum absolute atomic E-state index is 0.204. The predicted octanol–water partition coefficient (Wildman–Crippen LogP) is 5.08. The average Bonchev–Trinajstić information content (AvgIpc) is 3.28. The molecule has 1 aliphatic carbocycles. The van der Waals surface area contributed by atoms with Crippen LogP contribution in [0.3, 0.4) is 0 Å². The molecule has 1 fully saturated rings. The number of aromatic amines is 1.